The molecule has 3 heteroatoms. The van der Waals surface area contributed by atoms with Crippen LogP contribution in [0.25, 0.3) is 93.9 Å². The van der Waals surface area contributed by atoms with E-state index >= 15 is 0 Å². The quantitative estimate of drug-likeness (QED) is 0.153. The molecule has 12 aromatic rings. The predicted octanol–water partition coefficient (Wildman–Crippen LogP) is 16.8. The van der Waals surface area contributed by atoms with Gasteiger partial charge in [0, 0.05) is 44.2 Å². The van der Waals surface area contributed by atoms with E-state index in [9.17, 15) is 0 Å². The lowest BCUT2D eigenvalue weighted by atomic mass is 9.92. The van der Waals surface area contributed by atoms with Crippen LogP contribution in [-0.4, -0.2) is 4.57 Å². The molecule has 12 rings (SSSR count). The normalized spacial score (nSPS) is 11.5. The first kappa shape index (κ1) is 36.5. The molecule has 3 nitrogen and oxygen atoms in total. The van der Waals surface area contributed by atoms with Gasteiger partial charge in [-0.25, -0.2) is 0 Å². The lowest BCUT2D eigenvalue weighted by Gasteiger charge is -2.27. The average molecular weight is 805 g/mol. The molecule has 0 spiro atoms. The third-order valence-corrected chi connectivity index (χ3v) is 12.4. The highest BCUT2D eigenvalue weighted by Gasteiger charge is 2.21. The van der Waals surface area contributed by atoms with Gasteiger partial charge in [-0.2, -0.15) is 0 Å². The SMILES string of the molecule is c1ccc(-c2ccc(N(c3ccc(-c4ccccc4)cc3)c3ccc(-c4ccccc4-n4c5ccccc5c5ccccc54)c(-c4ccc5c(c4)oc4ccccc45)c3)cc2)cc1. The van der Waals surface area contributed by atoms with Gasteiger partial charge in [0.1, 0.15) is 11.2 Å². The van der Waals surface area contributed by atoms with E-state index in [2.05, 4.69) is 240 Å². The second-order valence-electron chi connectivity index (χ2n) is 16.1. The molecule has 0 radical (unpaired) electrons. The molecule has 0 saturated heterocycles. The smallest absolute Gasteiger partial charge is 0.136 e. The fraction of sp³-hybridized carbons (Fsp3) is 0. The van der Waals surface area contributed by atoms with Crippen molar-refractivity contribution in [1.29, 1.82) is 0 Å². The van der Waals surface area contributed by atoms with Crippen molar-refractivity contribution in [2.24, 2.45) is 0 Å². The molecule has 0 saturated carbocycles. The molecular weight excluding hydrogens is 765 g/mol. The van der Waals surface area contributed by atoms with Crippen LogP contribution in [-0.2, 0) is 0 Å². The highest BCUT2D eigenvalue weighted by molar-refractivity contribution is 6.10. The van der Waals surface area contributed by atoms with Gasteiger partial charge in [-0.1, -0.05) is 170 Å². The molecular formula is C60H40N2O. The van der Waals surface area contributed by atoms with E-state index in [0.29, 0.717) is 0 Å². The third-order valence-electron chi connectivity index (χ3n) is 12.4. The molecule has 0 fully saturated rings. The van der Waals surface area contributed by atoms with Crippen molar-refractivity contribution in [3.05, 3.63) is 243 Å². The fourth-order valence-corrected chi connectivity index (χ4v) is 9.43. The molecule has 0 N–H and O–H groups in total. The Hall–Kier alpha value is -8.40. The number of nitrogens with zero attached hydrogens (tertiary/aromatic N) is 2. The molecule has 0 aliphatic carbocycles. The van der Waals surface area contributed by atoms with Gasteiger partial charge in [0.25, 0.3) is 0 Å². The van der Waals surface area contributed by atoms with Crippen LogP contribution in [0.5, 0.6) is 0 Å². The summed E-state index contributed by atoms with van der Waals surface area (Å²) >= 11 is 0. The highest BCUT2D eigenvalue weighted by atomic mass is 16.3. The molecule has 296 valence electrons. The van der Waals surface area contributed by atoms with Crippen molar-refractivity contribution in [2.75, 3.05) is 4.90 Å². The maximum atomic E-state index is 6.54. The number of hydrogen-bond acceptors (Lipinski definition) is 2. The Morgan fingerprint density at radius 1 is 0.286 bits per heavy atom. The minimum Gasteiger partial charge on any atom is -0.456 e. The van der Waals surface area contributed by atoms with Crippen molar-refractivity contribution in [1.82, 2.24) is 4.57 Å². The first-order valence-electron chi connectivity index (χ1n) is 21.5. The summed E-state index contributed by atoms with van der Waals surface area (Å²) in [6.07, 6.45) is 0. The summed E-state index contributed by atoms with van der Waals surface area (Å²) in [6.45, 7) is 0. The van der Waals surface area contributed by atoms with Crippen LogP contribution < -0.4 is 4.90 Å². The van der Waals surface area contributed by atoms with Crippen LogP contribution in [0.15, 0.2) is 247 Å². The average Bonchev–Trinajstić information content (AvgIpc) is 3.90. The standard InChI is InChI=1S/C60H40N2O/c1-3-15-41(16-4-1)43-27-32-46(33-28-43)61(47-34-29-44(30-35-47)42-17-5-2-6-18-42)48-36-38-49(55(40-48)45-31-37-54-53-22-10-14-26-59(53)63-60(54)39-45)50-19-7-11-23-56(50)62-57-24-12-8-20-51(57)52-21-9-13-25-58(52)62/h1-40H. The zero-order valence-corrected chi connectivity index (χ0v) is 34.4. The summed E-state index contributed by atoms with van der Waals surface area (Å²) in [6, 6.07) is 87.2. The largest absolute Gasteiger partial charge is 0.456 e. The van der Waals surface area contributed by atoms with Gasteiger partial charge in [0.05, 0.1) is 16.7 Å². The monoisotopic (exact) mass is 804 g/mol. The number of benzene rings is 10. The van der Waals surface area contributed by atoms with Crippen LogP contribution in [0.4, 0.5) is 17.1 Å². The van der Waals surface area contributed by atoms with Gasteiger partial charge >= 0.3 is 0 Å². The van der Waals surface area contributed by atoms with E-state index < -0.39 is 0 Å². The second kappa shape index (κ2) is 15.3. The van der Waals surface area contributed by atoms with E-state index in [1.54, 1.807) is 0 Å². The molecule has 0 aliphatic rings. The van der Waals surface area contributed by atoms with Crippen molar-refractivity contribution < 1.29 is 4.42 Å². The Bertz CT molecular complexity index is 3470. The number of anilines is 3. The zero-order chi connectivity index (χ0) is 41.7. The van der Waals surface area contributed by atoms with Crippen molar-refractivity contribution in [3.8, 4) is 50.2 Å². The molecule has 0 unspecified atom stereocenters. The first-order chi connectivity index (χ1) is 31.2. The summed E-state index contributed by atoms with van der Waals surface area (Å²) in [5.41, 5.74) is 17.6. The molecule has 0 atom stereocenters. The molecule has 2 heterocycles. The maximum Gasteiger partial charge on any atom is 0.136 e. The Morgan fingerprint density at radius 2 is 0.762 bits per heavy atom. The number of fused-ring (bicyclic) bond motifs is 6. The van der Waals surface area contributed by atoms with Crippen molar-refractivity contribution in [2.45, 2.75) is 0 Å². The Kier molecular flexibility index (Phi) is 8.83. The summed E-state index contributed by atoms with van der Waals surface area (Å²) in [7, 11) is 0. The minimum absolute atomic E-state index is 0.866. The third kappa shape index (κ3) is 6.38. The first-order valence-corrected chi connectivity index (χ1v) is 21.5. The van der Waals surface area contributed by atoms with Crippen LogP contribution in [0.3, 0.4) is 0 Å². The minimum atomic E-state index is 0.866. The van der Waals surface area contributed by atoms with E-state index in [1.165, 1.54) is 44.1 Å². The number of furan rings is 1. The number of hydrogen-bond donors (Lipinski definition) is 0. The lowest BCUT2D eigenvalue weighted by Crippen LogP contribution is -2.10. The molecule has 0 amide bonds. The summed E-state index contributed by atoms with van der Waals surface area (Å²) < 4.78 is 8.96. The van der Waals surface area contributed by atoms with Crippen molar-refractivity contribution in [3.63, 3.8) is 0 Å². The van der Waals surface area contributed by atoms with Crippen LogP contribution in [0, 0.1) is 0 Å². The van der Waals surface area contributed by atoms with E-state index in [1.807, 2.05) is 12.1 Å². The number of rotatable bonds is 8. The van der Waals surface area contributed by atoms with Crippen molar-refractivity contribution >= 4 is 60.8 Å². The van der Waals surface area contributed by atoms with Gasteiger partial charge < -0.3 is 13.9 Å². The number of para-hydroxylation sites is 4. The zero-order valence-electron chi connectivity index (χ0n) is 34.4. The number of aromatic nitrogens is 1. The molecule has 2 aromatic heterocycles. The van der Waals surface area contributed by atoms with Crippen LogP contribution in [0.1, 0.15) is 0 Å². The van der Waals surface area contributed by atoms with E-state index in [0.717, 1.165) is 66.9 Å². The van der Waals surface area contributed by atoms with E-state index in [4.69, 9.17) is 4.42 Å². The summed E-state index contributed by atoms with van der Waals surface area (Å²) in [4.78, 5) is 2.37. The lowest BCUT2D eigenvalue weighted by molar-refractivity contribution is 0.669. The molecule has 0 bridgehead atoms. The highest BCUT2D eigenvalue weighted by Crippen LogP contribution is 2.45. The Morgan fingerprint density at radius 3 is 1.40 bits per heavy atom. The second-order valence-corrected chi connectivity index (χ2v) is 16.1. The molecule has 10 aromatic carbocycles. The summed E-state index contributed by atoms with van der Waals surface area (Å²) in [5, 5.41) is 4.70. The summed E-state index contributed by atoms with van der Waals surface area (Å²) in [5.74, 6) is 0. The Labute approximate surface area is 366 Å². The van der Waals surface area contributed by atoms with Gasteiger partial charge in [-0.3, -0.25) is 0 Å². The maximum absolute atomic E-state index is 6.54. The topological polar surface area (TPSA) is 21.3 Å². The van der Waals surface area contributed by atoms with Gasteiger partial charge in [0.15, 0.2) is 0 Å². The van der Waals surface area contributed by atoms with Gasteiger partial charge in [0.2, 0.25) is 0 Å². The Balaban J connectivity index is 1.08. The molecule has 0 aliphatic heterocycles. The van der Waals surface area contributed by atoms with Gasteiger partial charge in [-0.05, 0) is 112 Å². The van der Waals surface area contributed by atoms with Gasteiger partial charge in [-0.15, -0.1) is 0 Å². The fourth-order valence-electron chi connectivity index (χ4n) is 9.43. The van der Waals surface area contributed by atoms with Crippen LogP contribution >= 0.6 is 0 Å². The predicted molar refractivity (Wildman–Crippen MR) is 264 cm³/mol. The van der Waals surface area contributed by atoms with E-state index in [-0.39, 0.29) is 0 Å². The molecule has 63 heavy (non-hydrogen) atoms. The van der Waals surface area contributed by atoms with Crippen LogP contribution in [0.2, 0.25) is 0 Å².